The third kappa shape index (κ3) is 2.98. The number of ether oxygens (including phenoxy) is 1. The molecule has 2 aliphatic heterocycles. The fourth-order valence-electron chi connectivity index (χ4n) is 4.36. The van der Waals surface area contributed by atoms with Gasteiger partial charge in [0.1, 0.15) is 0 Å². The Morgan fingerprint density at radius 3 is 2.42 bits per heavy atom. The summed E-state index contributed by atoms with van der Waals surface area (Å²) in [7, 11) is 1.84. The molecule has 3 rings (SSSR count). The Morgan fingerprint density at radius 1 is 1.21 bits per heavy atom. The maximum absolute atomic E-state index is 5.30. The Hall–Kier alpha value is -0.120. The zero-order valence-corrected chi connectivity index (χ0v) is 12.7. The van der Waals surface area contributed by atoms with Gasteiger partial charge in [-0.3, -0.25) is 4.90 Å². The van der Waals surface area contributed by atoms with E-state index in [9.17, 15) is 0 Å². The predicted molar refractivity (Wildman–Crippen MR) is 78.4 cm³/mol. The van der Waals surface area contributed by atoms with Gasteiger partial charge < -0.3 is 10.1 Å². The molecule has 3 nitrogen and oxygen atoms in total. The van der Waals surface area contributed by atoms with Gasteiger partial charge in [0.2, 0.25) is 0 Å². The lowest BCUT2D eigenvalue weighted by Crippen LogP contribution is -2.50. The molecule has 0 amide bonds. The summed E-state index contributed by atoms with van der Waals surface area (Å²) in [5.74, 6) is 0. The second-order valence-electron chi connectivity index (χ2n) is 7.03. The summed E-state index contributed by atoms with van der Waals surface area (Å²) in [6.07, 6.45) is 9.77. The van der Waals surface area contributed by atoms with Gasteiger partial charge in [-0.15, -0.1) is 0 Å². The van der Waals surface area contributed by atoms with Crippen molar-refractivity contribution in [2.24, 2.45) is 5.41 Å². The minimum atomic E-state index is 0.627. The summed E-state index contributed by atoms with van der Waals surface area (Å²) in [4.78, 5) is 2.87. The van der Waals surface area contributed by atoms with E-state index in [4.69, 9.17) is 4.74 Å². The van der Waals surface area contributed by atoms with Crippen LogP contribution in [0.5, 0.6) is 0 Å². The molecule has 3 fully saturated rings. The topological polar surface area (TPSA) is 24.5 Å². The molecule has 2 saturated heterocycles. The number of hydrogen-bond acceptors (Lipinski definition) is 3. The number of methoxy groups -OCH3 is 1. The zero-order valence-electron chi connectivity index (χ0n) is 12.7. The van der Waals surface area contributed by atoms with Crippen LogP contribution in [0.3, 0.4) is 0 Å². The van der Waals surface area contributed by atoms with Crippen LogP contribution in [0.25, 0.3) is 0 Å². The van der Waals surface area contributed by atoms with Crippen LogP contribution in [0.4, 0.5) is 0 Å². The lowest BCUT2D eigenvalue weighted by Gasteiger charge is -2.41. The Kier molecular flexibility index (Phi) is 4.16. The summed E-state index contributed by atoms with van der Waals surface area (Å²) >= 11 is 0. The molecule has 0 radical (unpaired) electrons. The number of piperidine rings is 1. The van der Waals surface area contributed by atoms with E-state index in [0.717, 1.165) is 31.3 Å². The van der Waals surface area contributed by atoms with E-state index in [2.05, 4.69) is 17.1 Å². The normalized spacial score (nSPS) is 36.6. The van der Waals surface area contributed by atoms with Gasteiger partial charge >= 0.3 is 0 Å². The van der Waals surface area contributed by atoms with E-state index < -0.39 is 0 Å². The maximum Gasteiger partial charge on any atom is 0.0468 e. The van der Waals surface area contributed by atoms with Crippen molar-refractivity contribution < 1.29 is 4.74 Å². The van der Waals surface area contributed by atoms with Crippen LogP contribution in [0.15, 0.2) is 0 Å². The van der Waals surface area contributed by atoms with Gasteiger partial charge in [0, 0.05) is 38.4 Å². The van der Waals surface area contributed by atoms with Crippen molar-refractivity contribution in [3.63, 3.8) is 0 Å². The SMILES string of the molecule is CCNC1CC2CCC(C1)N2CC1(CCOC)CC1. The molecule has 3 heteroatoms. The van der Waals surface area contributed by atoms with Crippen LogP contribution in [0.1, 0.15) is 51.9 Å². The Morgan fingerprint density at radius 2 is 1.89 bits per heavy atom. The van der Waals surface area contributed by atoms with Crippen LogP contribution in [0, 0.1) is 5.41 Å². The molecule has 2 bridgehead atoms. The Bertz CT molecular complexity index is 289. The standard InChI is InChI=1S/C16H30N2O/c1-3-17-13-10-14-4-5-15(11-13)18(14)12-16(6-7-16)8-9-19-2/h13-15,17H,3-12H2,1-2H3. The van der Waals surface area contributed by atoms with E-state index in [0.29, 0.717) is 5.41 Å². The Balaban J connectivity index is 1.55. The van der Waals surface area contributed by atoms with Crippen molar-refractivity contribution in [1.82, 2.24) is 10.2 Å². The van der Waals surface area contributed by atoms with E-state index in [1.807, 2.05) is 7.11 Å². The van der Waals surface area contributed by atoms with Gasteiger partial charge in [0.05, 0.1) is 0 Å². The van der Waals surface area contributed by atoms with Gasteiger partial charge in [-0.2, -0.15) is 0 Å². The van der Waals surface area contributed by atoms with Crippen LogP contribution in [0.2, 0.25) is 0 Å². The van der Waals surface area contributed by atoms with Crippen molar-refractivity contribution >= 4 is 0 Å². The van der Waals surface area contributed by atoms with Gasteiger partial charge in [-0.1, -0.05) is 6.92 Å². The fraction of sp³-hybridized carbons (Fsp3) is 1.00. The molecule has 1 N–H and O–H groups in total. The monoisotopic (exact) mass is 266 g/mol. The maximum atomic E-state index is 5.30. The van der Waals surface area contributed by atoms with Crippen LogP contribution in [-0.2, 0) is 4.74 Å². The minimum Gasteiger partial charge on any atom is -0.385 e. The van der Waals surface area contributed by atoms with Crippen LogP contribution >= 0.6 is 0 Å². The van der Waals surface area contributed by atoms with E-state index in [1.54, 1.807) is 0 Å². The van der Waals surface area contributed by atoms with Gasteiger partial charge in [0.15, 0.2) is 0 Å². The lowest BCUT2D eigenvalue weighted by atomic mass is 9.93. The molecule has 1 saturated carbocycles. The molecule has 3 aliphatic rings. The van der Waals surface area contributed by atoms with Crippen molar-refractivity contribution in [3.05, 3.63) is 0 Å². The highest BCUT2D eigenvalue weighted by Crippen LogP contribution is 2.51. The molecule has 19 heavy (non-hydrogen) atoms. The van der Waals surface area contributed by atoms with E-state index >= 15 is 0 Å². The molecule has 1 aliphatic carbocycles. The largest absolute Gasteiger partial charge is 0.385 e. The summed E-state index contributed by atoms with van der Waals surface area (Å²) in [6, 6.07) is 2.51. The highest BCUT2D eigenvalue weighted by atomic mass is 16.5. The highest BCUT2D eigenvalue weighted by Gasteiger charge is 2.48. The fourth-order valence-corrected chi connectivity index (χ4v) is 4.36. The smallest absolute Gasteiger partial charge is 0.0468 e. The number of hydrogen-bond donors (Lipinski definition) is 1. The second-order valence-corrected chi connectivity index (χ2v) is 7.03. The average Bonchev–Trinajstić information content (AvgIpc) is 3.12. The molecular formula is C16H30N2O. The van der Waals surface area contributed by atoms with Crippen molar-refractivity contribution in [3.8, 4) is 0 Å². The second kappa shape index (κ2) is 5.71. The first-order chi connectivity index (χ1) is 9.26. The van der Waals surface area contributed by atoms with Gasteiger partial charge in [-0.25, -0.2) is 0 Å². The number of nitrogens with one attached hydrogen (secondary N) is 1. The molecule has 2 heterocycles. The molecular weight excluding hydrogens is 236 g/mol. The average molecular weight is 266 g/mol. The molecule has 0 spiro atoms. The predicted octanol–water partition coefficient (Wildman–Crippen LogP) is 2.41. The minimum absolute atomic E-state index is 0.627. The lowest BCUT2D eigenvalue weighted by molar-refractivity contribution is 0.0793. The van der Waals surface area contributed by atoms with Crippen molar-refractivity contribution in [1.29, 1.82) is 0 Å². The first-order valence-corrected chi connectivity index (χ1v) is 8.24. The Labute approximate surface area is 118 Å². The summed E-state index contributed by atoms with van der Waals surface area (Å²) in [5, 5.41) is 3.67. The number of rotatable bonds is 7. The molecule has 2 unspecified atom stereocenters. The van der Waals surface area contributed by atoms with E-state index in [-0.39, 0.29) is 0 Å². The molecule has 0 aromatic rings. The van der Waals surface area contributed by atoms with Gasteiger partial charge in [0.25, 0.3) is 0 Å². The zero-order chi connectivity index (χ0) is 13.3. The van der Waals surface area contributed by atoms with E-state index in [1.165, 1.54) is 51.5 Å². The summed E-state index contributed by atoms with van der Waals surface area (Å²) in [6.45, 7) is 5.66. The third-order valence-corrected chi connectivity index (χ3v) is 5.69. The first kappa shape index (κ1) is 13.8. The highest BCUT2D eigenvalue weighted by molar-refractivity contribution is 5.03. The molecule has 0 aromatic heterocycles. The summed E-state index contributed by atoms with van der Waals surface area (Å²) in [5.41, 5.74) is 0.627. The molecule has 0 aromatic carbocycles. The first-order valence-electron chi connectivity index (χ1n) is 8.24. The number of fused-ring (bicyclic) bond motifs is 2. The van der Waals surface area contributed by atoms with Gasteiger partial charge in [-0.05, 0) is 56.9 Å². The van der Waals surface area contributed by atoms with Crippen LogP contribution < -0.4 is 5.32 Å². The van der Waals surface area contributed by atoms with Crippen LogP contribution in [-0.4, -0.2) is 49.8 Å². The summed E-state index contributed by atoms with van der Waals surface area (Å²) < 4.78 is 5.30. The van der Waals surface area contributed by atoms with Crippen molar-refractivity contribution in [2.75, 3.05) is 26.8 Å². The van der Waals surface area contributed by atoms with Crippen molar-refractivity contribution in [2.45, 2.75) is 70.0 Å². The third-order valence-electron chi connectivity index (χ3n) is 5.69. The molecule has 110 valence electrons. The molecule has 2 atom stereocenters. The quantitative estimate of drug-likeness (QED) is 0.766. The number of nitrogens with zero attached hydrogens (tertiary/aromatic N) is 1.